The SMILES string of the molecule is CCN(CC)S(=O)(=O)c1ccc2nnc(NC3CCOc4ccccc43)n2c1. The van der Waals surface area contributed by atoms with Crippen LogP contribution in [0.15, 0.2) is 47.5 Å². The summed E-state index contributed by atoms with van der Waals surface area (Å²) in [4.78, 5) is 0.221. The molecule has 148 valence electrons. The number of benzene rings is 1. The molecule has 28 heavy (non-hydrogen) atoms. The largest absolute Gasteiger partial charge is 0.493 e. The molecule has 4 rings (SSSR count). The van der Waals surface area contributed by atoms with Gasteiger partial charge in [-0.15, -0.1) is 10.2 Å². The van der Waals surface area contributed by atoms with Gasteiger partial charge in [0.15, 0.2) is 5.65 Å². The highest BCUT2D eigenvalue weighted by Gasteiger charge is 2.25. The van der Waals surface area contributed by atoms with E-state index in [2.05, 4.69) is 15.5 Å². The van der Waals surface area contributed by atoms with Gasteiger partial charge in [-0.3, -0.25) is 4.40 Å². The molecule has 1 atom stereocenters. The number of nitrogens with zero attached hydrogens (tertiary/aromatic N) is 4. The highest BCUT2D eigenvalue weighted by Crippen LogP contribution is 2.33. The smallest absolute Gasteiger partial charge is 0.244 e. The number of rotatable bonds is 6. The van der Waals surface area contributed by atoms with E-state index < -0.39 is 10.0 Å². The molecule has 1 N–H and O–H groups in total. The van der Waals surface area contributed by atoms with Crippen LogP contribution in [-0.4, -0.2) is 47.0 Å². The van der Waals surface area contributed by atoms with Gasteiger partial charge in [-0.25, -0.2) is 8.42 Å². The number of pyridine rings is 1. The van der Waals surface area contributed by atoms with Crippen LogP contribution in [0.5, 0.6) is 5.75 Å². The summed E-state index contributed by atoms with van der Waals surface area (Å²) in [6, 6.07) is 11.1. The zero-order valence-corrected chi connectivity index (χ0v) is 16.7. The van der Waals surface area contributed by atoms with Gasteiger partial charge in [0.05, 0.1) is 17.5 Å². The van der Waals surface area contributed by atoms with Crippen molar-refractivity contribution in [2.24, 2.45) is 0 Å². The van der Waals surface area contributed by atoms with Crippen molar-refractivity contribution in [3.05, 3.63) is 48.2 Å². The van der Waals surface area contributed by atoms with E-state index in [0.29, 0.717) is 31.3 Å². The highest BCUT2D eigenvalue weighted by molar-refractivity contribution is 7.89. The van der Waals surface area contributed by atoms with Crippen molar-refractivity contribution >= 4 is 21.6 Å². The van der Waals surface area contributed by atoms with E-state index in [9.17, 15) is 8.42 Å². The van der Waals surface area contributed by atoms with Crippen LogP contribution < -0.4 is 10.1 Å². The van der Waals surface area contributed by atoms with E-state index in [0.717, 1.165) is 17.7 Å². The summed E-state index contributed by atoms with van der Waals surface area (Å²) < 4.78 is 34.5. The van der Waals surface area contributed by atoms with Gasteiger partial charge in [-0.1, -0.05) is 32.0 Å². The van der Waals surface area contributed by atoms with Gasteiger partial charge in [-0.2, -0.15) is 4.31 Å². The fourth-order valence-corrected chi connectivity index (χ4v) is 4.94. The summed E-state index contributed by atoms with van der Waals surface area (Å²) in [7, 11) is -3.56. The number of hydrogen-bond acceptors (Lipinski definition) is 6. The Balaban J connectivity index is 1.70. The molecule has 2 aromatic heterocycles. The minimum atomic E-state index is -3.56. The van der Waals surface area contributed by atoms with Crippen LogP contribution in [0, 0.1) is 0 Å². The number of nitrogens with one attached hydrogen (secondary N) is 1. The van der Waals surface area contributed by atoms with Gasteiger partial charge in [0.25, 0.3) is 0 Å². The molecule has 0 radical (unpaired) electrons. The first-order valence-corrected chi connectivity index (χ1v) is 10.8. The monoisotopic (exact) mass is 401 g/mol. The van der Waals surface area contributed by atoms with E-state index in [1.54, 1.807) is 22.7 Å². The second-order valence-corrected chi connectivity index (χ2v) is 8.52. The molecule has 0 fully saturated rings. The van der Waals surface area contributed by atoms with Gasteiger partial charge in [0, 0.05) is 31.3 Å². The quantitative estimate of drug-likeness (QED) is 0.683. The lowest BCUT2D eigenvalue weighted by atomic mass is 10.0. The van der Waals surface area contributed by atoms with Gasteiger partial charge in [0.1, 0.15) is 5.75 Å². The van der Waals surface area contributed by atoms with Crippen molar-refractivity contribution in [3.63, 3.8) is 0 Å². The van der Waals surface area contributed by atoms with E-state index >= 15 is 0 Å². The number of sulfonamides is 1. The van der Waals surface area contributed by atoms with E-state index in [1.807, 2.05) is 38.1 Å². The maximum atomic E-state index is 12.9. The molecule has 1 aliphatic rings. The van der Waals surface area contributed by atoms with Crippen LogP contribution in [-0.2, 0) is 10.0 Å². The molecule has 3 heterocycles. The van der Waals surface area contributed by atoms with Crippen LogP contribution in [0.25, 0.3) is 5.65 Å². The summed E-state index contributed by atoms with van der Waals surface area (Å²) in [5.74, 6) is 1.36. The lowest BCUT2D eigenvalue weighted by molar-refractivity contribution is 0.274. The Kier molecular flexibility index (Phi) is 4.94. The number of ether oxygens (including phenoxy) is 1. The van der Waals surface area contributed by atoms with Gasteiger partial charge in [-0.05, 0) is 18.2 Å². The van der Waals surface area contributed by atoms with Crippen molar-refractivity contribution in [1.82, 2.24) is 18.9 Å². The standard InChI is InChI=1S/C19H23N5O3S/c1-3-23(4-2)28(25,26)14-9-10-18-21-22-19(24(18)13-14)20-16-11-12-27-17-8-6-5-7-15(16)17/h5-10,13,16H,3-4,11-12H2,1-2H3,(H,20,22). The molecule has 0 aliphatic carbocycles. The summed E-state index contributed by atoms with van der Waals surface area (Å²) >= 11 is 0. The molecule has 1 aliphatic heterocycles. The van der Waals surface area contributed by atoms with Crippen LogP contribution in [0.3, 0.4) is 0 Å². The Labute approximate surface area is 164 Å². The summed E-state index contributed by atoms with van der Waals surface area (Å²) in [5.41, 5.74) is 1.64. The molecule has 0 spiro atoms. The zero-order valence-electron chi connectivity index (χ0n) is 15.9. The fraction of sp³-hybridized carbons (Fsp3) is 0.368. The van der Waals surface area contributed by atoms with Crippen molar-refractivity contribution in [3.8, 4) is 5.75 Å². The molecular formula is C19H23N5O3S. The Bertz CT molecular complexity index is 1090. The Morgan fingerprint density at radius 2 is 1.96 bits per heavy atom. The first-order valence-electron chi connectivity index (χ1n) is 9.37. The third-order valence-corrected chi connectivity index (χ3v) is 7.01. The molecule has 0 bridgehead atoms. The molecule has 3 aromatic rings. The van der Waals surface area contributed by atoms with E-state index in [4.69, 9.17) is 4.74 Å². The lowest BCUT2D eigenvalue weighted by Gasteiger charge is -2.26. The average molecular weight is 401 g/mol. The molecule has 1 aromatic carbocycles. The lowest BCUT2D eigenvalue weighted by Crippen LogP contribution is -2.30. The highest BCUT2D eigenvalue weighted by atomic mass is 32.2. The molecule has 0 saturated carbocycles. The summed E-state index contributed by atoms with van der Waals surface area (Å²) in [5, 5.41) is 11.8. The van der Waals surface area contributed by atoms with E-state index in [1.165, 1.54) is 4.31 Å². The predicted molar refractivity (Wildman–Crippen MR) is 106 cm³/mol. The van der Waals surface area contributed by atoms with Gasteiger partial charge in [0.2, 0.25) is 16.0 Å². The minimum Gasteiger partial charge on any atom is -0.493 e. The Morgan fingerprint density at radius 3 is 2.75 bits per heavy atom. The normalized spacial score (nSPS) is 16.8. The Morgan fingerprint density at radius 1 is 1.18 bits per heavy atom. The van der Waals surface area contributed by atoms with Crippen LogP contribution >= 0.6 is 0 Å². The zero-order chi connectivity index (χ0) is 19.7. The van der Waals surface area contributed by atoms with Gasteiger partial charge < -0.3 is 10.1 Å². The molecular weight excluding hydrogens is 378 g/mol. The molecule has 8 nitrogen and oxygen atoms in total. The van der Waals surface area contributed by atoms with Crippen LogP contribution in [0.1, 0.15) is 31.9 Å². The van der Waals surface area contributed by atoms with E-state index in [-0.39, 0.29) is 10.9 Å². The third kappa shape index (κ3) is 3.20. The molecule has 0 amide bonds. The number of aromatic nitrogens is 3. The number of hydrogen-bond donors (Lipinski definition) is 1. The van der Waals surface area contributed by atoms with Crippen LogP contribution in [0.4, 0.5) is 5.95 Å². The second-order valence-electron chi connectivity index (χ2n) is 6.58. The third-order valence-electron chi connectivity index (χ3n) is 4.98. The molecule has 1 unspecified atom stereocenters. The molecule has 9 heteroatoms. The Hall–Kier alpha value is -2.65. The predicted octanol–water partition coefficient (Wildman–Crippen LogP) is 2.70. The van der Waals surface area contributed by atoms with Crippen molar-refractivity contribution in [1.29, 1.82) is 0 Å². The van der Waals surface area contributed by atoms with Crippen molar-refractivity contribution < 1.29 is 13.2 Å². The molecule has 0 saturated heterocycles. The van der Waals surface area contributed by atoms with Crippen molar-refractivity contribution in [2.75, 3.05) is 25.0 Å². The summed E-state index contributed by atoms with van der Waals surface area (Å²) in [6.45, 7) is 5.10. The van der Waals surface area contributed by atoms with Crippen LogP contribution in [0.2, 0.25) is 0 Å². The minimum absolute atomic E-state index is 0.0143. The summed E-state index contributed by atoms with van der Waals surface area (Å²) in [6.07, 6.45) is 2.36. The first-order chi connectivity index (χ1) is 13.5. The van der Waals surface area contributed by atoms with Crippen molar-refractivity contribution in [2.45, 2.75) is 31.2 Å². The van der Waals surface area contributed by atoms with Gasteiger partial charge >= 0.3 is 0 Å². The topological polar surface area (TPSA) is 88.8 Å². The first kappa shape index (κ1) is 18.7. The average Bonchev–Trinajstić information content (AvgIpc) is 3.11. The number of fused-ring (bicyclic) bond motifs is 2. The number of para-hydroxylation sites is 1. The second kappa shape index (κ2) is 7.40. The maximum Gasteiger partial charge on any atom is 0.244 e. The number of anilines is 1. The fourth-order valence-electron chi connectivity index (χ4n) is 3.48. The maximum absolute atomic E-state index is 12.9.